The van der Waals surface area contributed by atoms with Gasteiger partial charge in [-0.15, -0.1) is 11.8 Å². The van der Waals surface area contributed by atoms with Gasteiger partial charge in [0.25, 0.3) is 0 Å². The Morgan fingerprint density at radius 1 is 1.37 bits per heavy atom. The number of nitrogens with two attached hydrogens (primary N) is 1. The molecule has 0 aliphatic carbocycles. The van der Waals surface area contributed by atoms with E-state index in [0.29, 0.717) is 17.9 Å². The Kier molecular flexibility index (Phi) is 5.54. The van der Waals surface area contributed by atoms with Gasteiger partial charge in [0.15, 0.2) is 0 Å². The molecule has 4 nitrogen and oxygen atoms in total. The lowest BCUT2D eigenvalue weighted by Gasteiger charge is -2.19. The van der Waals surface area contributed by atoms with E-state index in [9.17, 15) is 4.79 Å². The Balaban J connectivity index is 2.47. The van der Waals surface area contributed by atoms with Crippen molar-refractivity contribution in [1.29, 1.82) is 0 Å². The van der Waals surface area contributed by atoms with Crippen LogP contribution in [0.25, 0.3) is 0 Å². The molecule has 0 aliphatic heterocycles. The van der Waals surface area contributed by atoms with E-state index in [4.69, 9.17) is 15.2 Å². The summed E-state index contributed by atoms with van der Waals surface area (Å²) in [5, 5.41) is 0. The number of hydrogen-bond donors (Lipinski definition) is 1. The van der Waals surface area contributed by atoms with Crippen LogP contribution in [0.15, 0.2) is 23.1 Å². The molecule has 1 aromatic rings. The number of hydrogen-bond acceptors (Lipinski definition) is 5. The summed E-state index contributed by atoms with van der Waals surface area (Å²) in [5.74, 6) is 1.19. The highest BCUT2D eigenvalue weighted by Gasteiger charge is 2.16. The predicted molar refractivity (Wildman–Crippen MR) is 78.6 cm³/mol. The highest BCUT2D eigenvalue weighted by atomic mass is 32.2. The Hall–Kier alpha value is -1.36. The van der Waals surface area contributed by atoms with Crippen LogP contribution < -0.4 is 10.5 Å². The molecule has 0 atom stereocenters. The number of anilines is 1. The second kappa shape index (κ2) is 6.70. The first-order valence-electron chi connectivity index (χ1n) is 6.10. The number of nitrogen functional groups attached to an aromatic ring is 1. The third kappa shape index (κ3) is 5.87. The maximum Gasteiger partial charge on any atom is 0.307 e. The summed E-state index contributed by atoms with van der Waals surface area (Å²) in [6, 6.07) is 5.49. The highest BCUT2D eigenvalue weighted by molar-refractivity contribution is 7.99. The first-order chi connectivity index (χ1) is 8.81. The maximum atomic E-state index is 11.6. The summed E-state index contributed by atoms with van der Waals surface area (Å²) in [7, 11) is 1.60. The summed E-state index contributed by atoms with van der Waals surface area (Å²) < 4.78 is 10.5. The van der Waals surface area contributed by atoms with E-state index >= 15 is 0 Å². The number of methoxy groups -OCH3 is 1. The van der Waals surface area contributed by atoms with Crippen molar-refractivity contribution >= 4 is 23.4 Å². The zero-order valence-electron chi connectivity index (χ0n) is 11.9. The van der Waals surface area contributed by atoms with Gasteiger partial charge >= 0.3 is 5.97 Å². The fraction of sp³-hybridized carbons (Fsp3) is 0.500. The van der Waals surface area contributed by atoms with Crippen LogP contribution in [0, 0.1) is 0 Å². The molecule has 5 heteroatoms. The SMILES string of the molecule is COc1cc(N)ccc1SCCC(=O)OC(C)(C)C. The van der Waals surface area contributed by atoms with E-state index in [1.54, 1.807) is 24.9 Å². The molecule has 0 bridgehead atoms. The van der Waals surface area contributed by atoms with Gasteiger partial charge in [0.1, 0.15) is 11.4 Å². The van der Waals surface area contributed by atoms with Crippen molar-refractivity contribution in [2.24, 2.45) is 0 Å². The van der Waals surface area contributed by atoms with Gasteiger partial charge in [-0.1, -0.05) is 0 Å². The van der Waals surface area contributed by atoms with Crippen LogP contribution in [0.4, 0.5) is 5.69 Å². The molecule has 0 spiro atoms. The minimum absolute atomic E-state index is 0.186. The molecule has 1 rings (SSSR count). The third-order valence-corrected chi connectivity index (χ3v) is 3.23. The van der Waals surface area contributed by atoms with Crippen molar-refractivity contribution in [1.82, 2.24) is 0 Å². The van der Waals surface area contributed by atoms with Crippen LogP contribution in [0.1, 0.15) is 27.2 Å². The molecule has 0 saturated heterocycles. The number of thioether (sulfide) groups is 1. The van der Waals surface area contributed by atoms with E-state index in [2.05, 4.69) is 0 Å². The Labute approximate surface area is 118 Å². The average Bonchev–Trinajstić information content (AvgIpc) is 2.28. The predicted octanol–water partition coefficient (Wildman–Crippen LogP) is 3.10. The second-order valence-electron chi connectivity index (χ2n) is 5.10. The van der Waals surface area contributed by atoms with Gasteiger partial charge in [-0.3, -0.25) is 4.79 Å². The van der Waals surface area contributed by atoms with Crippen molar-refractivity contribution in [3.05, 3.63) is 18.2 Å². The quantitative estimate of drug-likeness (QED) is 0.511. The summed E-state index contributed by atoms with van der Waals surface area (Å²) in [6.07, 6.45) is 0.371. The van der Waals surface area contributed by atoms with Crippen LogP contribution >= 0.6 is 11.8 Å². The van der Waals surface area contributed by atoms with E-state index in [-0.39, 0.29) is 5.97 Å². The summed E-state index contributed by atoms with van der Waals surface area (Å²) in [4.78, 5) is 12.5. The smallest absolute Gasteiger partial charge is 0.307 e. The Bertz CT molecular complexity index is 441. The van der Waals surface area contributed by atoms with Crippen LogP contribution in [-0.2, 0) is 9.53 Å². The zero-order valence-corrected chi connectivity index (χ0v) is 12.7. The molecule has 0 amide bonds. The largest absolute Gasteiger partial charge is 0.496 e. The van der Waals surface area contributed by atoms with Crippen LogP contribution in [0.3, 0.4) is 0 Å². The standard InChI is InChI=1S/C14H21NO3S/c1-14(2,3)18-13(16)7-8-19-12-6-5-10(15)9-11(12)17-4/h5-6,9H,7-8,15H2,1-4H3. The van der Waals surface area contributed by atoms with Gasteiger partial charge < -0.3 is 15.2 Å². The molecule has 0 fully saturated rings. The van der Waals surface area contributed by atoms with Crippen molar-refractivity contribution in [2.75, 3.05) is 18.6 Å². The fourth-order valence-corrected chi connectivity index (χ4v) is 2.38. The third-order valence-electron chi connectivity index (χ3n) is 2.17. The van der Waals surface area contributed by atoms with Crippen molar-refractivity contribution in [3.63, 3.8) is 0 Å². The lowest BCUT2D eigenvalue weighted by Crippen LogP contribution is -2.24. The minimum Gasteiger partial charge on any atom is -0.496 e. The molecule has 0 radical (unpaired) electrons. The van der Waals surface area contributed by atoms with Crippen LogP contribution in [0.2, 0.25) is 0 Å². The zero-order chi connectivity index (χ0) is 14.5. The molecule has 0 unspecified atom stereocenters. The first-order valence-corrected chi connectivity index (χ1v) is 7.08. The fourth-order valence-electron chi connectivity index (χ4n) is 1.44. The first kappa shape index (κ1) is 15.7. The maximum absolute atomic E-state index is 11.6. The van der Waals surface area contributed by atoms with Crippen LogP contribution in [0.5, 0.6) is 5.75 Å². The van der Waals surface area contributed by atoms with Gasteiger partial charge in [-0.05, 0) is 32.9 Å². The summed E-state index contributed by atoms with van der Waals surface area (Å²) in [5.41, 5.74) is 5.92. The van der Waals surface area contributed by atoms with Crippen molar-refractivity contribution in [2.45, 2.75) is 37.7 Å². The monoisotopic (exact) mass is 283 g/mol. The number of carbonyl (C=O) groups is 1. The van der Waals surface area contributed by atoms with E-state index < -0.39 is 5.60 Å². The molecule has 19 heavy (non-hydrogen) atoms. The minimum atomic E-state index is -0.430. The van der Waals surface area contributed by atoms with Gasteiger partial charge in [-0.2, -0.15) is 0 Å². The molecule has 1 aromatic carbocycles. The van der Waals surface area contributed by atoms with Crippen molar-refractivity contribution in [3.8, 4) is 5.75 Å². The summed E-state index contributed by atoms with van der Waals surface area (Å²) >= 11 is 1.55. The number of esters is 1. The van der Waals surface area contributed by atoms with Gasteiger partial charge in [0, 0.05) is 22.4 Å². The molecule has 0 aromatic heterocycles. The number of ether oxygens (including phenoxy) is 2. The number of benzene rings is 1. The number of carbonyl (C=O) groups excluding carboxylic acids is 1. The molecule has 2 N–H and O–H groups in total. The van der Waals surface area contributed by atoms with Crippen molar-refractivity contribution < 1.29 is 14.3 Å². The number of rotatable bonds is 5. The molecule has 106 valence electrons. The average molecular weight is 283 g/mol. The summed E-state index contributed by atoms with van der Waals surface area (Å²) in [6.45, 7) is 5.59. The molecule has 0 aliphatic rings. The van der Waals surface area contributed by atoms with E-state index in [0.717, 1.165) is 10.6 Å². The van der Waals surface area contributed by atoms with E-state index in [1.165, 1.54) is 0 Å². The van der Waals surface area contributed by atoms with Crippen LogP contribution in [-0.4, -0.2) is 24.4 Å². The molecular weight excluding hydrogens is 262 g/mol. The molecule has 0 saturated carbocycles. The Morgan fingerprint density at radius 2 is 2.05 bits per heavy atom. The molecule has 0 heterocycles. The lowest BCUT2D eigenvalue weighted by atomic mass is 10.2. The second-order valence-corrected chi connectivity index (χ2v) is 6.23. The topological polar surface area (TPSA) is 61.5 Å². The highest BCUT2D eigenvalue weighted by Crippen LogP contribution is 2.31. The Morgan fingerprint density at radius 3 is 2.63 bits per heavy atom. The van der Waals surface area contributed by atoms with E-state index in [1.807, 2.05) is 32.9 Å². The van der Waals surface area contributed by atoms with Gasteiger partial charge in [-0.25, -0.2) is 0 Å². The normalized spacial score (nSPS) is 11.2. The lowest BCUT2D eigenvalue weighted by molar-refractivity contribution is -0.154. The van der Waals surface area contributed by atoms with Gasteiger partial charge in [0.05, 0.1) is 13.5 Å². The van der Waals surface area contributed by atoms with Gasteiger partial charge in [0.2, 0.25) is 0 Å². The molecular formula is C14H21NO3S.